The van der Waals surface area contributed by atoms with E-state index in [1.165, 1.54) is 6.08 Å². The first kappa shape index (κ1) is 13.6. The normalized spacial score (nSPS) is 20.3. The Kier molecular flexibility index (Phi) is 3.61. The van der Waals surface area contributed by atoms with E-state index in [-0.39, 0.29) is 11.4 Å². The lowest BCUT2D eigenvalue weighted by atomic mass is 9.99. The molecule has 1 N–H and O–H groups in total. The van der Waals surface area contributed by atoms with E-state index in [4.69, 9.17) is 4.74 Å². The van der Waals surface area contributed by atoms with Crippen LogP contribution >= 0.6 is 0 Å². The van der Waals surface area contributed by atoms with Gasteiger partial charge in [0.1, 0.15) is 13.8 Å². The second-order valence-electron chi connectivity index (χ2n) is 5.41. The fourth-order valence-corrected chi connectivity index (χ4v) is 2.18. The number of benzene rings is 1. The van der Waals surface area contributed by atoms with E-state index >= 15 is 0 Å². The summed E-state index contributed by atoms with van der Waals surface area (Å²) in [6.07, 6.45) is 0.236. The average Bonchev–Trinajstić information content (AvgIpc) is 2.32. The molecule has 0 radical (unpaired) electrons. The molecular formula is C15H16O3Si. The molecule has 19 heavy (non-hydrogen) atoms. The number of carbonyl (C=O) groups excluding carboxylic acids is 1. The average molecular weight is 272 g/mol. The van der Waals surface area contributed by atoms with Crippen LogP contribution in [0.4, 0.5) is 0 Å². The number of fused-ring (bicyclic) bond motifs is 1. The second kappa shape index (κ2) is 5.04. The molecule has 1 atom stereocenters. The highest BCUT2D eigenvalue weighted by atomic mass is 28.3. The van der Waals surface area contributed by atoms with Crippen molar-refractivity contribution in [3.63, 3.8) is 0 Å². The Labute approximate surface area is 113 Å². The minimum absolute atomic E-state index is 0.199. The molecule has 1 aromatic carbocycles. The Hall–Kier alpha value is -1.83. The number of hydrogen-bond donors (Lipinski definition) is 1. The van der Waals surface area contributed by atoms with Gasteiger partial charge in [-0.25, -0.2) is 0 Å². The molecule has 1 unspecified atom stereocenters. The molecule has 3 nitrogen and oxygen atoms in total. The molecule has 0 saturated heterocycles. The molecule has 0 aliphatic carbocycles. The predicted molar refractivity (Wildman–Crippen MR) is 76.6 cm³/mol. The molecule has 0 fully saturated rings. The van der Waals surface area contributed by atoms with Gasteiger partial charge in [0, 0.05) is 6.08 Å². The van der Waals surface area contributed by atoms with E-state index in [0.29, 0.717) is 11.3 Å². The quantitative estimate of drug-likeness (QED) is 0.448. The largest absolute Gasteiger partial charge is 0.460 e. The lowest BCUT2D eigenvalue weighted by molar-refractivity contribution is 0.00798. The van der Waals surface area contributed by atoms with Crippen molar-refractivity contribution in [1.29, 1.82) is 0 Å². The number of ketones is 1. The summed E-state index contributed by atoms with van der Waals surface area (Å²) in [5, 5.41) is 9.85. The molecule has 4 heteroatoms. The van der Waals surface area contributed by atoms with Crippen LogP contribution in [0, 0.1) is 11.5 Å². The SMILES string of the molecule is C[Si](C)(C)C#C/C=C1/C(=O)c2ccccc2OC1O. The first-order chi connectivity index (χ1) is 8.88. The van der Waals surface area contributed by atoms with E-state index in [0.717, 1.165) is 0 Å². The molecule has 0 saturated carbocycles. The van der Waals surface area contributed by atoms with Gasteiger partial charge < -0.3 is 9.84 Å². The molecule has 1 heterocycles. The molecule has 2 rings (SSSR count). The third kappa shape index (κ3) is 3.14. The van der Waals surface area contributed by atoms with Crippen molar-refractivity contribution in [2.45, 2.75) is 25.9 Å². The molecule has 0 aromatic heterocycles. The smallest absolute Gasteiger partial charge is 0.228 e. The van der Waals surface area contributed by atoms with Crippen molar-refractivity contribution < 1.29 is 14.6 Å². The number of aliphatic hydroxyl groups excluding tert-OH is 1. The zero-order valence-corrected chi connectivity index (χ0v) is 12.2. The van der Waals surface area contributed by atoms with E-state index in [1.807, 2.05) is 0 Å². The molecule has 0 bridgehead atoms. The number of rotatable bonds is 0. The number of Topliss-reactive ketones (excluding diaryl/α,β-unsaturated/α-hetero) is 1. The first-order valence-electron chi connectivity index (χ1n) is 6.10. The van der Waals surface area contributed by atoms with Crippen molar-refractivity contribution in [2.75, 3.05) is 0 Å². The fourth-order valence-electron chi connectivity index (χ4n) is 1.68. The standard InChI is InChI=1S/C15H16O3Si/c1-19(2,3)10-6-8-12-14(16)11-7-4-5-9-13(11)18-15(12)17/h4-5,7-9,15,17H,1-3H3/b12-8-. The van der Waals surface area contributed by atoms with Crippen LogP contribution in [-0.2, 0) is 0 Å². The zero-order chi connectivity index (χ0) is 14.0. The van der Waals surface area contributed by atoms with Gasteiger partial charge in [0.15, 0.2) is 5.78 Å². The van der Waals surface area contributed by atoms with Gasteiger partial charge >= 0.3 is 0 Å². The maximum absolute atomic E-state index is 12.2. The van der Waals surface area contributed by atoms with Gasteiger partial charge in [0.2, 0.25) is 6.29 Å². The number of carbonyl (C=O) groups is 1. The maximum Gasteiger partial charge on any atom is 0.228 e. The van der Waals surface area contributed by atoms with Gasteiger partial charge in [0.05, 0.1) is 11.1 Å². The van der Waals surface area contributed by atoms with Crippen LogP contribution in [0.1, 0.15) is 10.4 Å². The Balaban J connectivity index is 2.36. The topological polar surface area (TPSA) is 46.5 Å². The molecule has 1 aliphatic rings. The summed E-state index contributed by atoms with van der Waals surface area (Å²) in [4.78, 5) is 12.2. The summed E-state index contributed by atoms with van der Waals surface area (Å²) >= 11 is 0. The molecule has 0 spiro atoms. The Morgan fingerprint density at radius 1 is 1.32 bits per heavy atom. The number of allylic oxidation sites excluding steroid dienone is 1. The van der Waals surface area contributed by atoms with Gasteiger partial charge in [-0.1, -0.05) is 37.7 Å². The van der Waals surface area contributed by atoms with E-state index in [2.05, 4.69) is 31.1 Å². The van der Waals surface area contributed by atoms with Crippen molar-refractivity contribution in [3.8, 4) is 17.2 Å². The zero-order valence-electron chi connectivity index (χ0n) is 11.2. The highest BCUT2D eigenvalue weighted by molar-refractivity contribution is 6.83. The Morgan fingerprint density at radius 3 is 2.68 bits per heavy atom. The van der Waals surface area contributed by atoms with Crippen LogP contribution in [0.15, 0.2) is 35.9 Å². The second-order valence-corrected chi connectivity index (χ2v) is 10.2. The Morgan fingerprint density at radius 2 is 2.00 bits per heavy atom. The van der Waals surface area contributed by atoms with Gasteiger partial charge in [-0.05, 0) is 12.1 Å². The first-order valence-corrected chi connectivity index (χ1v) is 9.60. The number of ether oxygens (including phenoxy) is 1. The summed E-state index contributed by atoms with van der Waals surface area (Å²) in [5.41, 5.74) is 3.79. The van der Waals surface area contributed by atoms with E-state index in [9.17, 15) is 9.90 Å². The van der Waals surface area contributed by atoms with Gasteiger partial charge in [-0.3, -0.25) is 4.79 Å². The lowest BCUT2D eigenvalue weighted by Crippen LogP contribution is -2.29. The van der Waals surface area contributed by atoms with Gasteiger partial charge in [-0.15, -0.1) is 5.54 Å². The minimum Gasteiger partial charge on any atom is -0.460 e. The van der Waals surface area contributed by atoms with Gasteiger partial charge in [-0.2, -0.15) is 0 Å². The number of para-hydroxylation sites is 1. The minimum atomic E-state index is -1.50. The fraction of sp³-hybridized carbons (Fsp3) is 0.267. The molecule has 0 amide bonds. The third-order valence-electron chi connectivity index (χ3n) is 2.57. The van der Waals surface area contributed by atoms with E-state index < -0.39 is 14.4 Å². The Bertz CT molecular complexity index is 600. The van der Waals surface area contributed by atoms with Crippen molar-refractivity contribution in [3.05, 3.63) is 41.5 Å². The summed E-state index contributed by atoms with van der Waals surface area (Å²) in [6.45, 7) is 6.34. The van der Waals surface area contributed by atoms with E-state index in [1.54, 1.807) is 24.3 Å². The van der Waals surface area contributed by atoms with Crippen LogP contribution in [-0.4, -0.2) is 25.3 Å². The van der Waals surface area contributed by atoms with Crippen LogP contribution < -0.4 is 4.74 Å². The van der Waals surface area contributed by atoms with Crippen molar-refractivity contribution in [2.24, 2.45) is 0 Å². The van der Waals surface area contributed by atoms with Crippen molar-refractivity contribution in [1.82, 2.24) is 0 Å². The summed E-state index contributed by atoms with van der Waals surface area (Å²) < 4.78 is 5.31. The third-order valence-corrected chi connectivity index (χ3v) is 3.47. The molecular weight excluding hydrogens is 256 g/mol. The summed E-state index contributed by atoms with van der Waals surface area (Å²) in [6, 6.07) is 6.88. The highest BCUT2D eigenvalue weighted by Gasteiger charge is 2.29. The lowest BCUT2D eigenvalue weighted by Gasteiger charge is -2.23. The molecule has 1 aromatic rings. The maximum atomic E-state index is 12.2. The van der Waals surface area contributed by atoms with Crippen LogP contribution in [0.25, 0.3) is 0 Å². The summed E-state index contributed by atoms with van der Waals surface area (Å²) in [5.74, 6) is 3.06. The monoisotopic (exact) mass is 272 g/mol. The molecule has 1 aliphatic heterocycles. The van der Waals surface area contributed by atoms with Crippen molar-refractivity contribution >= 4 is 13.9 Å². The van der Waals surface area contributed by atoms with Crippen LogP contribution in [0.3, 0.4) is 0 Å². The van der Waals surface area contributed by atoms with Gasteiger partial charge in [0.25, 0.3) is 0 Å². The number of hydrogen-bond acceptors (Lipinski definition) is 3. The predicted octanol–water partition coefficient (Wildman–Crippen LogP) is 2.39. The van der Waals surface area contributed by atoms with Crippen LogP contribution in [0.2, 0.25) is 19.6 Å². The van der Waals surface area contributed by atoms with Crippen LogP contribution in [0.5, 0.6) is 5.75 Å². The summed E-state index contributed by atoms with van der Waals surface area (Å²) in [7, 11) is -1.50. The highest BCUT2D eigenvalue weighted by Crippen LogP contribution is 2.29. The number of aliphatic hydroxyl groups is 1. The molecule has 98 valence electrons.